The number of methoxy groups -OCH3 is 1. The van der Waals surface area contributed by atoms with Crippen molar-refractivity contribution in [2.75, 3.05) is 13.7 Å². The van der Waals surface area contributed by atoms with Crippen molar-refractivity contribution in [3.63, 3.8) is 0 Å². The van der Waals surface area contributed by atoms with Crippen molar-refractivity contribution in [3.8, 4) is 5.75 Å². The molecule has 0 aliphatic carbocycles. The van der Waals surface area contributed by atoms with Gasteiger partial charge in [0.1, 0.15) is 5.75 Å². The Bertz CT molecular complexity index is 359. The summed E-state index contributed by atoms with van der Waals surface area (Å²) in [6, 6.07) is 8.54. The number of ether oxygens (including phenoxy) is 1. The Morgan fingerprint density at radius 2 is 2.38 bits per heavy atom. The third kappa shape index (κ3) is 2.67. The minimum atomic E-state index is 0.311. The van der Waals surface area contributed by atoms with E-state index in [1.54, 1.807) is 7.11 Å². The van der Waals surface area contributed by atoms with Gasteiger partial charge >= 0.3 is 0 Å². The van der Waals surface area contributed by atoms with Crippen molar-refractivity contribution < 1.29 is 4.74 Å². The quantitative estimate of drug-likeness (QED) is 0.523. The summed E-state index contributed by atoms with van der Waals surface area (Å²) in [6.45, 7) is 2.05. The number of nitrogens with zero attached hydrogens (tertiary/aromatic N) is 1. The first-order chi connectivity index (χ1) is 7.70. The van der Waals surface area contributed by atoms with Gasteiger partial charge in [-0.05, 0) is 24.1 Å². The van der Waals surface area contributed by atoms with E-state index < -0.39 is 0 Å². The molecule has 1 aromatic rings. The Hall–Kier alpha value is -0.330. The molecule has 1 aliphatic rings. The first kappa shape index (κ1) is 12.1. The summed E-state index contributed by atoms with van der Waals surface area (Å²) in [5.41, 5.74) is 7.29. The second-order valence-electron chi connectivity index (χ2n) is 4.15. The summed E-state index contributed by atoms with van der Waals surface area (Å²) in [7, 11) is 1.70. The molecule has 1 unspecified atom stereocenters. The van der Waals surface area contributed by atoms with E-state index in [-0.39, 0.29) is 0 Å². The van der Waals surface area contributed by atoms with E-state index in [1.165, 1.54) is 5.56 Å². The highest BCUT2D eigenvalue weighted by atomic mass is 127. The maximum atomic E-state index is 6.00. The number of likely N-dealkylation sites (tertiary alicyclic amines) is 1. The van der Waals surface area contributed by atoms with Crippen molar-refractivity contribution in [2.45, 2.75) is 23.1 Å². The number of hydrogen-bond acceptors (Lipinski definition) is 3. The minimum absolute atomic E-state index is 0.311. The Kier molecular flexibility index (Phi) is 4.05. The van der Waals surface area contributed by atoms with Crippen LogP contribution < -0.4 is 10.5 Å². The van der Waals surface area contributed by atoms with Crippen LogP contribution in [0.4, 0.5) is 0 Å². The molecular formula is C12H17IN2O. The normalized spacial score (nSPS) is 25.9. The van der Waals surface area contributed by atoms with Gasteiger partial charge in [-0.15, -0.1) is 0 Å². The predicted octanol–water partition coefficient (Wildman–Crippen LogP) is 1.99. The zero-order valence-electron chi connectivity index (χ0n) is 9.40. The van der Waals surface area contributed by atoms with Gasteiger partial charge in [0.05, 0.1) is 11.2 Å². The van der Waals surface area contributed by atoms with Gasteiger partial charge in [-0.25, -0.2) is 0 Å². The molecule has 1 saturated heterocycles. The SMILES string of the molecule is COc1cccc(CN2CC[C@@H](N)C2I)c1. The monoisotopic (exact) mass is 332 g/mol. The van der Waals surface area contributed by atoms with Crippen LogP contribution in [0.2, 0.25) is 0 Å². The van der Waals surface area contributed by atoms with Crippen LogP contribution >= 0.6 is 22.6 Å². The average Bonchev–Trinajstić information content (AvgIpc) is 2.61. The van der Waals surface area contributed by atoms with Gasteiger partial charge < -0.3 is 10.5 Å². The van der Waals surface area contributed by atoms with E-state index in [1.807, 2.05) is 12.1 Å². The maximum absolute atomic E-state index is 6.00. The highest BCUT2D eigenvalue weighted by Gasteiger charge is 2.28. The molecular weight excluding hydrogens is 315 g/mol. The summed E-state index contributed by atoms with van der Waals surface area (Å²) < 4.78 is 5.67. The highest BCUT2D eigenvalue weighted by Crippen LogP contribution is 2.24. The molecule has 0 amide bonds. The summed E-state index contributed by atoms with van der Waals surface area (Å²) in [4.78, 5) is 2.42. The van der Waals surface area contributed by atoms with Gasteiger partial charge in [-0.3, -0.25) is 4.90 Å². The zero-order valence-corrected chi connectivity index (χ0v) is 11.6. The van der Waals surface area contributed by atoms with Crippen LogP contribution in [0.5, 0.6) is 5.75 Å². The lowest BCUT2D eigenvalue weighted by Crippen LogP contribution is -2.33. The van der Waals surface area contributed by atoms with Gasteiger partial charge in [0, 0.05) is 19.1 Å². The van der Waals surface area contributed by atoms with Crippen molar-refractivity contribution in [3.05, 3.63) is 29.8 Å². The third-order valence-electron chi connectivity index (χ3n) is 2.97. The van der Waals surface area contributed by atoms with Gasteiger partial charge in [-0.1, -0.05) is 34.7 Å². The largest absolute Gasteiger partial charge is 0.497 e. The molecule has 1 heterocycles. The Morgan fingerprint density at radius 3 is 3.00 bits per heavy atom. The number of hydrogen-bond donors (Lipinski definition) is 1. The van der Waals surface area contributed by atoms with Gasteiger partial charge in [0.2, 0.25) is 0 Å². The Morgan fingerprint density at radius 1 is 1.56 bits per heavy atom. The second kappa shape index (κ2) is 5.33. The molecule has 2 rings (SSSR count). The smallest absolute Gasteiger partial charge is 0.119 e. The van der Waals surface area contributed by atoms with Crippen LogP contribution in [0.1, 0.15) is 12.0 Å². The topological polar surface area (TPSA) is 38.5 Å². The molecule has 1 aromatic carbocycles. The standard InChI is InChI=1S/C12H17IN2O/c1-16-10-4-2-3-9(7-10)8-15-6-5-11(14)12(15)13/h2-4,7,11-12H,5-6,8,14H2,1H3/t11-,12?/m1/s1. The molecule has 0 spiro atoms. The van der Waals surface area contributed by atoms with E-state index in [4.69, 9.17) is 10.5 Å². The van der Waals surface area contributed by atoms with Crippen LogP contribution in [-0.4, -0.2) is 28.6 Å². The first-order valence-corrected chi connectivity index (χ1v) is 6.72. The van der Waals surface area contributed by atoms with E-state index in [9.17, 15) is 0 Å². The minimum Gasteiger partial charge on any atom is -0.497 e. The number of alkyl halides is 1. The Balaban J connectivity index is 2.03. The molecule has 2 N–H and O–H groups in total. The molecule has 2 atom stereocenters. The zero-order chi connectivity index (χ0) is 11.5. The van der Waals surface area contributed by atoms with E-state index >= 15 is 0 Å². The van der Waals surface area contributed by atoms with E-state index in [0.29, 0.717) is 10.1 Å². The lowest BCUT2D eigenvalue weighted by Gasteiger charge is -2.21. The fourth-order valence-electron chi connectivity index (χ4n) is 2.02. The molecule has 0 aromatic heterocycles. The summed E-state index contributed by atoms with van der Waals surface area (Å²) in [5.74, 6) is 0.922. The van der Waals surface area contributed by atoms with Crippen molar-refractivity contribution in [1.29, 1.82) is 0 Å². The van der Waals surface area contributed by atoms with Crippen LogP contribution in [0.25, 0.3) is 0 Å². The molecule has 1 aliphatic heterocycles. The highest BCUT2D eigenvalue weighted by molar-refractivity contribution is 14.1. The molecule has 3 nitrogen and oxygen atoms in total. The fraction of sp³-hybridized carbons (Fsp3) is 0.500. The van der Waals surface area contributed by atoms with Gasteiger partial charge in [0.15, 0.2) is 0 Å². The van der Waals surface area contributed by atoms with E-state index in [0.717, 1.165) is 25.3 Å². The van der Waals surface area contributed by atoms with Crippen LogP contribution in [0, 0.1) is 0 Å². The van der Waals surface area contributed by atoms with Crippen LogP contribution in [0.15, 0.2) is 24.3 Å². The molecule has 0 saturated carbocycles. The number of halogens is 1. The van der Waals surface area contributed by atoms with Crippen LogP contribution in [0.3, 0.4) is 0 Å². The van der Waals surface area contributed by atoms with Crippen molar-refractivity contribution >= 4 is 22.6 Å². The van der Waals surface area contributed by atoms with E-state index in [2.05, 4.69) is 39.6 Å². The molecule has 16 heavy (non-hydrogen) atoms. The molecule has 1 fully saturated rings. The third-order valence-corrected chi connectivity index (χ3v) is 4.68. The summed E-state index contributed by atoms with van der Waals surface area (Å²) in [6.07, 6.45) is 1.09. The number of nitrogens with two attached hydrogens (primary N) is 1. The fourth-order valence-corrected chi connectivity index (χ4v) is 2.85. The first-order valence-electron chi connectivity index (χ1n) is 5.47. The predicted molar refractivity (Wildman–Crippen MR) is 73.8 cm³/mol. The average molecular weight is 332 g/mol. The van der Waals surface area contributed by atoms with Crippen molar-refractivity contribution in [2.24, 2.45) is 5.73 Å². The van der Waals surface area contributed by atoms with Crippen molar-refractivity contribution in [1.82, 2.24) is 4.90 Å². The molecule has 4 heteroatoms. The summed E-state index contributed by atoms with van der Waals surface area (Å²) >= 11 is 2.43. The lowest BCUT2D eigenvalue weighted by molar-refractivity contribution is 0.313. The number of rotatable bonds is 3. The maximum Gasteiger partial charge on any atom is 0.119 e. The lowest BCUT2D eigenvalue weighted by atomic mass is 10.2. The van der Waals surface area contributed by atoms with Crippen LogP contribution in [-0.2, 0) is 6.54 Å². The second-order valence-corrected chi connectivity index (χ2v) is 5.42. The number of benzene rings is 1. The molecule has 0 radical (unpaired) electrons. The Labute approximate surface area is 110 Å². The van der Waals surface area contributed by atoms with Gasteiger partial charge in [-0.2, -0.15) is 0 Å². The van der Waals surface area contributed by atoms with Gasteiger partial charge in [0.25, 0.3) is 0 Å². The summed E-state index contributed by atoms with van der Waals surface area (Å²) in [5, 5.41) is 0. The molecule has 88 valence electrons. The molecule has 0 bridgehead atoms.